The molecule has 7 heteroatoms. The summed E-state index contributed by atoms with van der Waals surface area (Å²) in [7, 11) is 6.63. The van der Waals surface area contributed by atoms with E-state index in [-0.39, 0.29) is 0 Å². The molecule has 1 heterocycles. The van der Waals surface area contributed by atoms with E-state index in [1.165, 1.54) is 12.0 Å². The van der Waals surface area contributed by atoms with Crippen molar-refractivity contribution in [3.63, 3.8) is 0 Å². The molecule has 7 nitrogen and oxygen atoms in total. The molecular weight excluding hydrogens is 278 g/mol. The Labute approximate surface area is 131 Å². The largest absolute Gasteiger partial charge is 0.366 e. The molecule has 0 aliphatic rings. The van der Waals surface area contributed by atoms with Gasteiger partial charge in [-0.05, 0) is 31.2 Å². The van der Waals surface area contributed by atoms with E-state index < -0.39 is 0 Å². The Kier molecular flexibility index (Phi) is 5.21. The zero-order chi connectivity index (χ0) is 16.0. The molecule has 1 aromatic carbocycles. The number of quaternary nitrogens is 1. The molecule has 22 heavy (non-hydrogen) atoms. The summed E-state index contributed by atoms with van der Waals surface area (Å²) in [6, 6.07) is 8.08. The average Bonchev–Trinajstić information content (AvgIpc) is 2.99. The highest BCUT2D eigenvalue weighted by Crippen LogP contribution is 2.21. The van der Waals surface area contributed by atoms with Crippen LogP contribution in [-0.4, -0.2) is 60.4 Å². The van der Waals surface area contributed by atoms with E-state index in [9.17, 15) is 0 Å². The summed E-state index contributed by atoms with van der Waals surface area (Å²) in [5, 5.41) is 14.5. The van der Waals surface area contributed by atoms with Crippen molar-refractivity contribution in [1.29, 1.82) is 0 Å². The van der Waals surface area contributed by atoms with Gasteiger partial charge in [0.05, 0.1) is 39.9 Å². The van der Waals surface area contributed by atoms with Crippen LogP contribution in [0.2, 0.25) is 0 Å². The first-order valence-corrected chi connectivity index (χ1v) is 7.40. The number of azo groups is 1. The van der Waals surface area contributed by atoms with E-state index in [0.717, 1.165) is 29.8 Å². The van der Waals surface area contributed by atoms with Gasteiger partial charge in [-0.3, -0.25) is 0 Å². The van der Waals surface area contributed by atoms with Gasteiger partial charge in [-0.1, -0.05) is 0 Å². The van der Waals surface area contributed by atoms with Gasteiger partial charge in [0.15, 0.2) is 0 Å². The van der Waals surface area contributed by atoms with Crippen LogP contribution in [0.1, 0.15) is 6.92 Å². The van der Waals surface area contributed by atoms with E-state index >= 15 is 0 Å². The van der Waals surface area contributed by atoms with Gasteiger partial charge in [-0.25, -0.2) is 5.10 Å². The Morgan fingerprint density at radius 1 is 1.14 bits per heavy atom. The number of aromatic amines is 1. The lowest BCUT2D eigenvalue weighted by molar-refractivity contribution is -0.868. The number of nitrogens with one attached hydrogen (secondary N) is 1. The van der Waals surface area contributed by atoms with E-state index in [4.69, 9.17) is 0 Å². The van der Waals surface area contributed by atoms with Crippen LogP contribution in [0.4, 0.5) is 17.3 Å². The number of aromatic nitrogens is 3. The van der Waals surface area contributed by atoms with Crippen molar-refractivity contribution in [3.8, 4) is 0 Å². The van der Waals surface area contributed by atoms with Gasteiger partial charge in [0, 0.05) is 12.2 Å². The topological polar surface area (TPSA) is 69.5 Å². The number of likely N-dealkylation sites (N-methyl/N-ethyl adjacent to an activating group) is 2. The minimum Gasteiger partial charge on any atom is -0.366 e. The maximum atomic E-state index is 4.13. The predicted molar refractivity (Wildman–Crippen MR) is 87.8 cm³/mol. The van der Waals surface area contributed by atoms with Crippen molar-refractivity contribution in [2.45, 2.75) is 6.92 Å². The lowest BCUT2D eigenvalue weighted by Crippen LogP contribution is -2.42. The lowest BCUT2D eigenvalue weighted by Gasteiger charge is -2.29. The monoisotopic (exact) mass is 302 g/mol. The van der Waals surface area contributed by atoms with E-state index in [1.54, 1.807) is 0 Å². The van der Waals surface area contributed by atoms with E-state index in [1.807, 2.05) is 12.1 Å². The van der Waals surface area contributed by atoms with E-state index in [0.29, 0.717) is 5.95 Å². The molecule has 0 aliphatic heterocycles. The predicted octanol–water partition coefficient (Wildman–Crippen LogP) is 2.75. The van der Waals surface area contributed by atoms with Crippen molar-refractivity contribution < 1.29 is 4.48 Å². The fourth-order valence-corrected chi connectivity index (χ4v) is 1.97. The molecule has 0 aliphatic carbocycles. The highest BCUT2D eigenvalue weighted by molar-refractivity contribution is 5.52. The number of anilines is 1. The molecule has 0 radical (unpaired) electrons. The zero-order valence-electron chi connectivity index (χ0n) is 13.7. The van der Waals surface area contributed by atoms with Gasteiger partial charge in [0.1, 0.15) is 6.33 Å². The van der Waals surface area contributed by atoms with Crippen LogP contribution >= 0.6 is 0 Å². The van der Waals surface area contributed by atoms with E-state index in [2.05, 4.69) is 70.5 Å². The molecule has 1 aromatic heterocycles. The smallest absolute Gasteiger partial charge is 0.264 e. The summed E-state index contributed by atoms with van der Waals surface area (Å²) in [6.45, 7) is 5.28. The Bertz CT molecular complexity index is 581. The van der Waals surface area contributed by atoms with Crippen molar-refractivity contribution in [2.24, 2.45) is 10.2 Å². The second-order valence-electron chi connectivity index (χ2n) is 6.12. The Balaban J connectivity index is 2.00. The Morgan fingerprint density at radius 2 is 1.86 bits per heavy atom. The van der Waals surface area contributed by atoms with Gasteiger partial charge in [0.25, 0.3) is 5.95 Å². The summed E-state index contributed by atoms with van der Waals surface area (Å²) in [5.41, 5.74) is 2.00. The fraction of sp³-hybridized carbons (Fsp3) is 0.467. The first-order chi connectivity index (χ1) is 10.5. The summed E-state index contributed by atoms with van der Waals surface area (Å²) in [6.07, 6.45) is 1.41. The molecule has 2 rings (SSSR count). The number of hydrogen-bond donors (Lipinski definition) is 1. The summed E-state index contributed by atoms with van der Waals surface area (Å²) in [4.78, 5) is 6.26. The van der Waals surface area contributed by atoms with Crippen molar-refractivity contribution >= 4 is 17.3 Å². The molecule has 0 spiro atoms. The maximum absolute atomic E-state index is 4.13. The minimum absolute atomic E-state index is 0.405. The third-order valence-corrected chi connectivity index (χ3v) is 3.30. The van der Waals surface area contributed by atoms with Crippen LogP contribution < -0.4 is 4.90 Å². The fourth-order valence-electron chi connectivity index (χ4n) is 1.97. The average molecular weight is 302 g/mol. The number of rotatable bonds is 7. The highest BCUT2D eigenvalue weighted by atomic mass is 15.3. The summed E-state index contributed by atoms with van der Waals surface area (Å²) >= 11 is 0. The molecule has 2 aromatic rings. The molecule has 0 bridgehead atoms. The maximum Gasteiger partial charge on any atom is 0.264 e. The number of benzene rings is 1. The highest BCUT2D eigenvalue weighted by Gasteiger charge is 2.11. The second kappa shape index (κ2) is 7.13. The molecule has 118 valence electrons. The standard InChI is InChI=1S/C15H24N7/c1-5-21(10-11-22(2,3)4)14-8-6-13(7-9-14)18-20-15-16-12-17-19-15/h6-9,12H,5,10-11H2,1-4H3,(H,16,17,19)/q+1. The van der Waals surface area contributed by atoms with Gasteiger partial charge in [-0.2, -0.15) is 10.1 Å². The SMILES string of the molecule is CCN(CC[N+](C)(C)C)c1ccc(N=Nc2ncn[nH]2)cc1. The number of nitrogens with zero attached hydrogens (tertiary/aromatic N) is 6. The molecule has 0 saturated heterocycles. The summed E-state index contributed by atoms with van der Waals surface area (Å²) in [5.74, 6) is 0.405. The minimum atomic E-state index is 0.405. The third kappa shape index (κ3) is 4.92. The van der Waals surface area contributed by atoms with Gasteiger partial charge < -0.3 is 9.38 Å². The van der Waals surface area contributed by atoms with Gasteiger partial charge >= 0.3 is 0 Å². The zero-order valence-corrected chi connectivity index (χ0v) is 13.7. The number of hydrogen-bond acceptors (Lipinski definition) is 5. The molecule has 1 N–H and O–H groups in total. The molecule has 0 amide bonds. The van der Waals surface area contributed by atoms with Crippen LogP contribution in [0.5, 0.6) is 0 Å². The van der Waals surface area contributed by atoms with Crippen LogP contribution in [0.25, 0.3) is 0 Å². The van der Waals surface area contributed by atoms with Gasteiger partial charge in [0.2, 0.25) is 0 Å². The van der Waals surface area contributed by atoms with Crippen LogP contribution in [0.15, 0.2) is 40.8 Å². The van der Waals surface area contributed by atoms with Crippen molar-refractivity contribution in [3.05, 3.63) is 30.6 Å². The number of H-pyrrole nitrogens is 1. The first kappa shape index (κ1) is 16.1. The summed E-state index contributed by atoms with van der Waals surface area (Å²) < 4.78 is 0.958. The molecule has 0 saturated carbocycles. The molecular formula is C15H24N7+. The molecule has 0 unspecified atom stereocenters. The van der Waals surface area contributed by atoms with Crippen LogP contribution in [0, 0.1) is 0 Å². The third-order valence-electron chi connectivity index (χ3n) is 3.30. The molecule has 0 atom stereocenters. The van der Waals surface area contributed by atoms with Crippen LogP contribution in [0.3, 0.4) is 0 Å². The lowest BCUT2D eigenvalue weighted by atomic mass is 10.2. The Morgan fingerprint density at radius 3 is 2.41 bits per heavy atom. The van der Waals surface area contributed by atoms with Crippen molar-refractivity contribution in [2.75, 3.05) is 45.7 Å². The first-order valence-electron chi connectivity index (χ1n) is 7.40. The van der Waals surface area contributed by atoms with Gasteiger partial charge in [-0.15, -0.1) is 10.2 Å². The van der Waals surface area contributed by atoms with Crippen molar-refractivity contribution in [1.82, 2.24) is 15.2 Å². The quantitative estimate of drug-likeness (QED) is 0.631. The Hall–Kier alpha value is -2.28. The van der Waals surface area contributed by atoms with Crippen LogP contribution in [-0.2, 0) is 0 Å². The molecule has 0 fully saturated rings. The second-order valence-corrected chi connectivity index (χ2v) is 6.12. The normalized spacial score (nSPS) is 12.0.